The van der Waals surface area contributed by atoms with Crippen LogP contribution in [0.1, 0.15) is 45.9 Å². The van der Waals surface area contributed by atoms with Gasteiger partial charge in [-0.3, -0.25) is 4.68 Å². The molecule has 120 valence electrons. The number of hydrogen-bond acceptors (Lipinski definition) is 4. The maximum atomic E-state index is 11.7. The summed E-state index contributed by atoms with van der Waals surface area (Å²) in [5.41, 5.74) is 1.58. The van der Waals surface area contributed by atoms with Gasteiger partial charge in [-0.2, -0.15) is 5.10 Å². The minimum atomic E-state index is -0.478. The van der Waals surface area contributed by atoms with Crippen molar-refractivity contribution in [3.63, 3.8) is 0 Å². The maximum Gasteiger partial charge on any atom is 0.407 e. The number of aryl methyl sites for hydroxylation is 1. The first-order valence-electron chi connectivity index (χ1n) is 7.19. The monoisotopic (exact) mass is 296 g/mol. The second-order valence-electron chi connectivity index (χ2n) is 6.97. The van der Waals surface area contributed by atoms with Crippen molar-refractivity contribution < 1.29 is 9.53 Å². The normalized spacial score (nSPS) is 12.3. The number of nitrogens with zero attached hydrogens (tertiary/aromatic N) is 2. The van der Waals surface area contributed by atoms with Gasteiger partial charge in [-0.25, -0.2) is 4.79 Å². The third kappa shape index (κ3) is 6.16. The summed E-state index contributed by atoms with van der Waals surface area (Å²) in [4.78, 5) is 11.7. The number of alkyl carbamates (subject to hydrolysis) is 1. The molecule has 6 heteroatoms. The van der Waals surface area contributed by atoms with Crippen molar-refractivity contribution >= 4 is 6.09 Å². The Labute approximate surface area is 127 Å². The summed E-state index contributed by atoms with van der Waals surface area (Å²) >= 11 is 0. The Morgan fingerprint density at radius 1 is 1.33 bits per heavy atom. The van der Waals surface area contributed by atoms with Gasteiger partial charge in [0.15, 0.2) is 0 Å². The first-order chi connectivity index (χ1) is 9.50. The fraction of sp³-hybridized carbons (Fsp3) is 0.733. The molecule has 0 unspecified atom stereocenters. The van der Waals surface area contributed by atoms with Gasteiger partial charge in [-0.1, -0.05) is 0 Å². The molecule has 1 aromatic rings. The zero-order valence-electron chi connectivity index (χ0n) is 14.2. The molecule has 0 saturated heterocycles. The van der Waals surface area contributed by atoms with Crippen LogP contribution in [0, 0.1) is 6.92 Å². The van der Waals surface area contributed by atoms with Gasteiger partial charge in [0.1, 0.15) is 5.60 Å². The molecule has 0 spiro atoms. The lowest BCUT2D eigenvalue weighted by Crippen LogP contribution is -2.49. The van der Waals surface area contributed by atoms with E-state index in [0.29, 0.717) is 13.1 Å². The third-order valence-corrected chi connectivity index (χ3v) is 3.17. The van der Waals surface area contributed by atoms with Crippen LogP contribution in [0.3, 0.4) is 0 Å². The van der Waals surface area contributed by atoms with Crippen molar-refractivity contribution in [1.29, 1.82) is 0 Å². The van der Waals surface area contributed by atoms with E-state index in [1.807, 2.05) is 59.5 Å². The first-order valence-corrected chi connectivity index (χ1v) is 7.19. The average molecular weight is 296 g/mol. The Bertz CT molecular complexity index is 486. The van der Waals surface area contributed by atoms with E-state index in [2.05, 4.69) is 15.7 Å². The molecular weight excluding hydrogens is 268 g/mol. The summed E-state index contributed by atoms with van der Waals surface area (Å²) < 4.78 is 7.08. The molecule has 0 bridgehead atoms. The molecular formula is C15H28N4O2. The molecule has 1 heterocycles. The van der Waals surface area contributed by atoms with E-state index in [1.165, 1.54) is 0 Å². The minimum Gasteiger partial charge on any atom is -0.444 e. The van der Waals surface area contributed by atoms with Crippen molar-refractivity contribution in [2.45, 2.75) is 59.2 Å². The van der Waals surface area contributed by atoms with Gasteiger partial charge < -0.3 is 15.4 Å². The van der Waals surface area contributed by atoms with Gasteiger partial charge in [-0.15, -0.1) is 0 Å². The van der Waals surface area contributed by atoms with Crippen LogP contribution < -0.4 is 10.6 Å². The van der Waals surface area contributed by atoms with Crippen molar-refractivity contribution in [3.05, 3.63) is 17.5 Å². The molecule has 6 nitrogen and oxygen atoms in total. The fourth-order valence-corrected chi connectivity index (χ4v) is 1.72. The largest absolute Gasteiger partial charge is 0.444 e. The van der Waals surface area contributed by atoms with Crippen LogP contribution in [0.15, 0.2) is 6.20 Å². The standard InChI is InChI=1S/C15H28N4O2/c1-11-12(9-18-19(11)7)8-17-15(5,6)10-16-13(20)21-14(2,3)4/h9,17H,8,10H2,1-7H3,(H,16,20). The molecule has 0 atom stereocenters. The Morgan fingerprint density at radius 3 is 2.43 bits per heavy atom. The Morgan fingerprint density at radius 2 is 1.95 bits per heavy atom. The number of rotatable bonds is 5. The second kappa shape index (κ2) is 6.47. The lowest BCUT2D eigenvalue weighted by molar-refractivity contribution is 0.0513. The van der Waals surface area contributed by atoms with Gasteiger partial charge in [0, 0.05) is 36.9 Å². The highest BCUT2D eigenvalue weighted by molar-refractivity contribution is 5.67. The van der Waals surface area contributed by atoms with Gasteiger partial charge in [0.2, 0.25) is 0 Å². The van der Waals surface area contributed by atoms with E-state index in [9.17, 15) is 4.79 Å². The zero-order valence-corrected chi connectivity index (χ0v) is 14.2. The molecule has 1 amide bonds. The van der Waals surface area contributed by atoms with E-state index in [4.69, 9.17) is 4.74 Å². The number of nitrogens with one attached hydrogen (secondary N) is 2. The molecule has 0 aliphatic heterocycles. The highest BCUT2D eigenvalue weighted by Gasteiger charge is 2.21. The molecule has 1 rings (SSSR count). The lowest BCUT2D eigenvalue weighted by Gasteiger charge is -2.28. The fourth-order valence-electron chi connectivity index (χ4n) is 1.72. The number of hydrogen-bond donors (Lipinski definition) is 2. The van der Waals surface area contributed by atoms with E-state index < -0.39 is 11.7 Å². The van der Waals surface area contributed by atoms with Crippen LogP contribution >= 0.6 is 0 Å². The molecule has 0 aliphatic rings. The highest BCUT2D eigenvalue weighted by atomic mass is 16.6. The van der Waals surface area contributed by atoms with Gasteiger partial charge in [0.05, 0.1) is 6.20 Å². The van der Waals surface area contributed by atoms with Gasteiger partial charge >= 0.3 is 6.09 Å². The summed E-state index contributed by atoms with van der Waals surface area (Å²) in [5.74, 6) is 0. The van der Waals surface area contributed by atoms with Crippen LogP contribution in [-0.2, 0) is 18.3 Å². The van der Waals surface area contributed by atoms with Gasteiger partial charge in [0.25, 0.3) is 0 Å². The Balaban J connectivity index is 2.43. The van der Waals surface area contributed by atoms with Crippen molar-refractivity contribution in [2.24, 2.45) is 7.05 Å². The molecule has 2 N–H and O–H groups in total. The summed E-state index contributed by atoms with van der Waals surface area (Å²) in [6.45, 7) is 12.9. The van der Waals surface area contributed by atoms with Crippen LogP contribution in [0.25, 0.3) is 0 Å². The molecule has 0 saturated carbocycles. The summed E-state index contributed by atoms with van der Waals surface area (Å²) in [5, 5.41) is 10.4. The predicted molar refractivity (Wildman–Crippen MR) is 83.1 cm³/mol. The highest BCUT2D eigenvalue weighted by Crippen LogP contribution is 2.09. The van der Waals surface area contributed by atoms with Crippen LogP contribution in [0.2, 0.25) is 0 Å². The molecule has 0 radical (unpaired) electrons. The Kier molecular flexibility index (Phi) is 5.39. The minimum absolute atomic E-state index is 0.237. The van der Waals surface area contributed by atoms with Crippen molar-refractivity contribution in [1.82, 2.24) is 20.4 Å². The molecule has 21 heavy (non-hydrogen) atoms. The third-order valence-electron chi connectivity index (χ3n) is 3.17. The van der Waals surface area contributed by atoms with Crippen LogP contribution in [0.4, 0.5) is 4.79 Å². The van der Waals surface area contributed by atoms with Gasteiger partial charge in [-0.05, 0) is 41.5 Å². The van der Waals surface area contributed by atoms with Crippen molar-refractivity contribution in [3.8, 4) is 0 Å². The van der Waals surface area contributed by atoms with Crippen LogP contribution in [0.5, 0.6) is 0 Å². The number of amides is 1. The summed E-state index contributed by atoms with van der Waals surface area (Å²) in [7, 11) is 1.92. The maximum absolute atomic E-state index is 11.7. The topological polar surface area (TPSA) is 68.2 Å². The molecule has 0 aliphatic carbocycles. The summed E-state index contributed by atoms with van der Waals surface area (Å²) in [6, 6.07) is 0. The lowest BCUT2D eigenvalue weighted by atomic mass is 10.1. The van der Waals surface area contributed by atoms with Crippen LogP contribution in [-0.4, -0.2) is 33.6 Å². The summed E-state index contributed by atoms with van der Waals surface area (Å²) in [6.07, 6.45) is 1.47. The molecule has 1 aromatic heterocycles. The molecule has 0 aromatic carbocycles. The van der Waals surface area contributed by atoms with E-state index in [1.54, 1.807) is 0 Å². The number of carbonyl (C=O) groups is 1. The molecule has 0 fully saturated rings. The smallest absolute Gasteiger partial charge is 0.407 e. The quantitative estimate of drug-likeness (QED) is 0.873. The predicted octanol–water partition coefficient (Wildman–Crippen LogP) is 2.12. The number of aromatic nitrogens is 2. The first kappa shape index (κ1) is 17.5. The number of ether oxygens (including phenoxy) is 1. The van der Waals surface area contributed by atoms with E-state index >= 15 is 0 Å². The van der Waals surface area contributed by atoms with E-state index in [-0.39, 0.29) is 5.54 Å². The number of carbonyl (C=O) groups excluding carboxylic acids is 1. The van der Waals surface area contributed by atoms with E-state index in [0.717, 1.165) is 11.3 Å². The Hall–Kier alpha value is -1.56. The van der Waals surface area contributed by atoms with Crippen molar-refractivity contribution in [2.75, 3.05) is 6.54 Å². The second-order valence-corrected chi connectivity index (χ2v) is 6.97. The SMILES string of the molecule is Cc1c(CNC(C)(C)CNC(=O)OC(C)(C)C)cnn1C. The average Bonchev–Trinajstić information content (AvgIpc) is 2.63. The zero-order chi connectivity index (χ0) is 16.3.